The molecule has 0 radical (unpaired) electrons. The lowest BCUT2D eigenvalue weighted by molar-refractivity contribution is 0.632. The van der Waals surface area contributed by atoms with Gasteiger partial charge >= 0.3 is 0 Å². The molecule has 4 heteroatoms. The van der Waals surface area contributed by atoms with Gasteiger partial charge in [-0.05, 0) is 6.92 Å². The molecule has 0 N–H and O–H groups in total. The molecule has 0 unspecified atom stereocenters. The van der Waals surface area contributed by atoms with Gasteiger partial charge in [0.1, 0.15) is 11.8 Å². The average molecular weight is 198 g/mol. The normalized spacial score (nSPS) is 9.87. The molecule has 1 aromatic heterocycles. The molecule has 0 aliphatic rings. The Morgan fingerprint density at radius 1 is 1.33 bits per heavy atom. The molecule has 1 aromatic carbocycles. The summed E-state index contributed by atoms with van der Waals surface area (Å²) in [6, 6.07) is 11.8. The largest absolute Gasteiger partial charge is 0.244 e. The second-order valence-electron chi connectivity index (χ2n) is 3.08. The quantitative estimate of drug-likeness (QED) is 0.739. The minimum Gasteiger partial charge on any atom is -0.244 e. The van der Waals surface area contributed by atoms with Crippen LogP contribution in [0.5, 0.6) is 0 Å². The van der Waals surface area contributed by atoms with Gasteiger partial charge in [0.15, 0.2) is 5.69 Å². The summed E-state index contributed by atoms with van der Waals surface area (Å²) in [6.07, 6.45) is 0. The summed E-state index contributed by atoms with van der Waals surface area (Å²) in [5.41, 5.74) is 2.14. The molecule has 0 atom stereocenters. The van der Waals surface area contributed by atoms with Crippen molar-refractivity contribution in [2.75, 3.05) is 0 Å². The van der Waals surface area contributed by atoms with Crippen LogP contribution in [0, 0.1) is 11.3 Å². The molecule has 74 valence electrons. The zero-order valence-electron chi connectivity index (χ0n) is 8.38. The zero-order chi connectivity index (χ0) is 10.7. The summed E-state index contributed by atoms with van der Waals surface area (Å²) in [5, 5.41) is 16.7. The number of hydrogen-bond donors (Lipinski definition) is 0. The Bertz CT molecular complexity index is 493. The second-order valence-corrected chi connectivity index (χ2v) is 3.08. The molecule has 0 aliphatic heterocycles. The van der Waals surface area contributed by atoms with Crippen molar-refractivity contribution in [2.45, 2.75) is 13.5 Å². The summed E-state index contributed by atoms with van der Waals surface area (Å²) in [4.78, 5) is 0. The van der Waals surface area contributed by atoms with Crippen LogP contribution >= 0.6 is 0 Å². The van der Waals surface area contributed by atoms with Crippen LogP contribution in [0.3, 0.4) is 0 Å². The van der Waals surface area contributed by atoms with Crippen LogP contribution in [0.1, 0.15) is 12.6 Å². The van der Waals surface area contributed by atoms with Gasteiger partial charge in [-0.25, -0.2) is 4.68 Å². The van der Waals surface area contributed by atoms with E-state index in [1.54, 1.807) is 4.68 Å². The lowest BCUT2D eigenvalue weighted by Crippen LogP contribution is -1.99. The number of nitrogens with zero attached hydrogens (tertiary/aromatic N) is 4. The van der Waals surface area contributed by atoms with Crippen LogP contribution in [0.15, 0.2) is 30.3 Å². The molecule has 0 saturated heterocycles. The molecule has 0 aliphatic carbocycles. The van der Waals surface area contributed by atoms with Gasteiger partial charge in [-0.15, -0.1) is 5.10 Å². The van der Waals surface area contributed by atoms with E-state index in [1.807, 2.05) is 37.3 Å². The van der Waals surface area contributed by atoms with Gasteiger partial charge in [-0.1, -0.05) is 35.5 Å². The molecule has 15 heavy (non-hydrogen) atoms. The van der Waals surface area contributed by atoms with E-state index in [1.165, 1.54) is 0 Å². The molecule has 2 aromatic rings. The number of aromatic nitrogens is 3. The van der Waals surface area contributed by atoms with Crippen LogP contribution < -0.4 is 0 Å². The van der Waals surface area contributed by atoms with Gasteiger partial charge in [-0.3, -0.25) is 0 Å². The monoisotopic (exact) mass is 198 g/mol. The first-order chi connectivity index (χ1) is 7.36. The number of aryl methyl sites for hydroxylation is 1. The van der Waals surface area contributed by atoms with E-state index in [0.717, 1.165) is 11.3 Å². The molecule has 0 amide bonds. The molecule has 0 fully saturated rings. The van der Waals surface area contributed by atoms with Crippen LogP contribution in [0.25, 0.3) is 11.3 Å². The number of hydrogen-bond acceptors (Lipinski definition) is 3. The van der Waals surface area contributed by atoms with E-state index in [9.17, 15) is 0 Å². The Morgan fingerprint density at radius 2 is 2.07 bits per heavy atom. The van der Waals surface area contributed by atoms with Crippen LogP contribution in [0.2, 0.25) is 0 Å². The van der Waals surface area contributed by atoms with E-state index in [4.69, 9.17) is 5.26 Å². The van der Waals surface area contributed by atoms with Crippen LogP contribution in [0.4, 0.5) is 0 Å². The molecule has 0 saturated carbocycles. The third kappa shape index (κ3) is 1.59. The van der Waals surface area contributed by atoms with Gasteiger partial charge < -0.3 is 0 Å². The Hall–Kier alpha value is -2.15. The van der Waals surface area contributed by atoms with Gasteiger partial charge in [0.2, 0.25) is 0 Å². The number of rotatable bonds is 2. The van der Waals surface area contributed by atoms with Gasteiger partial charge in [0.05, 0.1) is 0 Å². The maximum Gasteiger partial charge on any atom is 0.190 e. The smallest absolute Gasteiger partial charge is 0.190 e. The van der Waals surface area contributed by atoms with Crippen molar-refractivity contribution in [1.29, 1.82) is 5.26 Å². The van der Waals surface area contributed by atoms with Crippen molar-refractivity contribution in [3.05, 3.63) is 36.0 Å². The molecule has 4 nitrogen and oxygen atoms in total. The SMILES string of the molecule is CCn1nnc(C#N)c1-c1ccccc1. The topological polar surface area (TPSA) is 54.5 Å². The fourth-order valence-electron chi connectivity index (χ4n) is 1.49. The zero-order valence-corrected chi connectivity index (χ0v) is 8.38. The Kier molecular flexibility index (Phi) is 2.46. The van der Waals surface area contributed by atoms with Gasteiger partial charge in [0.25, 0.3) is 0 Å². The maximum absolute atomic E-state index is 8.92. The number of benzene rings is 1. The summed E-state index contributed by atoms with van der Waals surface area (Å²) in [7, 11) is 0. The van der Waals surface area contributed by atoms with Crippen molar-refractivity contribution in [3.63, 3.8) is 0 Å². The highest BCUT2D eigenvalue weighted by molar-refractivity contribution is 5.64. The fourth-order valence-corrected chi connectivity index (χ4v) is 1.49. The van der Waals surface area contributed by atoms with Crippen molar-refractivity contribution in [3.8, 4) is 17.3 Å². The molecule has 0 spiro atoms. The molecule has 0 bridgehead atoms. The fraction of sp³-hybridized carbons (Fsp3) is 0.182. The summed E-state index contributed by atoms with van der Waals surface area (Å²) in [5.74, 6) is 0. The number of nitriles is 1. The minimum atomic E-state index is 0.378. The average Bonchev–Trinajstić information content (AvgIpc) is 2.72. The van der Waals surface area contributed by atoms with Gasteiger partial charge in [-0.2, -0.15) is 5.26 Å². The predicted octanol–water partition coefficient (Wildman–Crippen LogP) is 1.84. The second kappa shape index (κ2) is 3.93. The highest BCUT2D eigenvalue weighted by atomic mass is 15.4. The molecule has 1 heterocycles. The van der Waals surface area contributed by atoms with Crippen molar-refractivity contribution in [2.24, 2.45) is 0 Å². The van der Waals surface area contributed by atoms with E-state index < -0.39 is 0 Å². The highest BCUT2D eigenvalue weighted by Gasteiger charge is 2.12. The first kappa shape index (κ1) is 9.41. The van der Waals surface area contributed by atoms with E-state index in [-0.39, 0.29) is 0 Å². The van der Waals surface area contributed by atoms with Crippen molar-refractivity contribution < 1.29 is 0 Å². The van der Waals surface area contributed by atoms with Crippen molar-refractivity contribution in [1.82, 2.24) is 15.0 Å². The first-order valence-electron chi connectivity index (χ1n) is 4.75. The maximum atomic E-state index is 8.92. The highest BCUT2D eigenvalue weighted by Crippen LogP contribution is 2.20. The summed E-state index contributed by atoms with van der Waals surface area (Å²) < 4.78 is 1.73. The molecule has 2 rings (SSSR count). The minimum absolute atomic E-state index is 0.378. The lowest BCUT2D eigenvalue weighted by atomic mass is 10.1. The Balaban J connectivity index is 2.61. The van der Waals surface area contributed by atoms with E-state index >= 15 is 0 Å². The first-order valence-corrected chi connectivity index (χ1v) is 4.75. The Morgan fingerprint density at radius 3 is 2.67 bits per heavy atom. The standard InChI is InChI=1S/C11H10N4/c1-2-15-11(10(8-12)13-14-15)9-6-4-3-5-7-9/h3-7H,2H2,1H3. The summed E-state index contributed by atoms with van der Waals surface area (Å²) >= 11 is 0. The third-order valence-corrected chi connectivity index (χ3v) is 2.19. The van der Waals surface area contributed by atoms with Crippen LogP contribution in [-0.4, -0.2) is 15.0 Å². The van der Waals surface area contributed by atoms with Crippen LogP contribution in [-0.2, 0) is 6.54 Å². The van der Waals surface area contributed by atoms with Crippen molar-refractivity contribution >= 4 is 0 Å². The van der Waals surface area contributed by atoms with Gasteiger partial charge in [0, 0.05) is 12.1 Å². The van der Waals surface area contributed by atoms with E-state index in [2.05, 4.69) is 16.4 Å². The van der Waals surface area contributed by atoms with E-state index in [0.29, 0.717) is 12.2 Å². The Labute approximate surface area is 87.8 Å². The lowest BCUT2D eigenvalue weighted by Gasteiger charge is -2.02. The molecular formula is C11H10N4. The summed E-state index contributed by atoms with van der Waals surface area (Å²) in [6.45, 7) is 2.68. The third-order valence-electron chi connectivity index (χ3n) is 2.19. The predicted molar refractivity (Wildman–Crippen MR) is 55.8 cm³/mol. The molecular weight excluding hydrogens is 188 g/mol.